The third-order valence-electron chi connectivity index (χ3n) is 2.55. The number of hydrogen-bond acceptors (Lipinski definition) is 3. The van der Waals surface area contributed by atoms with Gasteiger partial charge in [0.15, 0.2) is 11.6 Å². The van der Waals surface area contributed by atoms with Crippen molar-refractivity contribution < 1.29 is 4.42 Å². The zero-order valence-electron chi connectivity index (χ0n) is 8.90. The number of nitrogens with two attached hydrogens (primary N) is 1. The van der Waals surface area contributed by atoms with Crippen LogP contribution in [0, 0.1) is 5.41 Å². The summed E-state index contributed by atoms with van der Waals surface area (Å²) in [4.78, 5) is 7.53. The molecular formula is C12H10N4O. The Balaban J connectivity index is 2.16. The molecule has 0 radical (unpaired) electrons. The van der Waals surface area contributed by atoms with Crippen LogP contribution in [0.2, 0.25) is 0 Å². The molecule has 17 heavy (non-hydrogen) atoms. The molecular weight excluding hydrogens is 216 g/mol. The molecule has 3 aromatic rings. The number of nitrogen functional groups attached to an aromatic ring is 1. The number of benzene rings is 1. The third-order valence-corrected chi connectivity index (χ3v) is 2.55. The van der Waals surface area contributed by atoms with E-state index in [2.05, 4.69) is 9.97 Å². The Morgan fingerprint density at radius 1 is 1.35 bits per heavy atom. The van der Waals surface area contributed by atoms with Crippen LogP contribution >= 0.6 is 0 Å². The monoisotopic (exact) mass is 226 g/mol. The molecule has 0 spiro atoms. The van der Waals surface area contributed by atoms with Gasteiger partial charge in [-0.3, -0.25) is 5.41 Å². The molecule has 2 aromatic heterocycles. The van der Waals surface area contributed by atoms with Crippen molar-refractivity contribution in [1.82, 2.24) is 9.97 Å². The molecule has 84 valence electrons. The highest BCUT2D eigenvalue weighted by atomic mass is 16.3. The first-order valence-corrected chi connectivity index (χ1v) is 5.12. The van der Waals surface area contributed by atoms with Crippen LogP contribution in [0.4, 0.5) is 0 Å². The number of fused-ring (bicyclic) bond motifs is 1. The number of nitrogens with one attached hydrogen (secondary N) is 2. The second kappa shape index (κ2) is 3.48. The first-order valence-electron chi connectivity index (χ1n) is 5.12. The molecule has 5 nitrogen and oxygen atoms in total. The number of H-pyrrole nitrogens is 1. The maximum Gasteiger partial charge on any atom is 0.174 e. The number of hydrogen-bond donors (Lipinski definition) is 3. The highest BCUT2D eigenvalue weighted by molar-refractivity contribution is 5.98. The summed E-state index contributed by atoms with van der Waals surface area (Å²) in [6, 6.07) is 9.05. The van der Waals surface area contributed by atoms with E-state index in [4.69, 9.17) is 15.6 Å². The predicted octanol–water partition coefficient (Wildman–Crippen LogP) is 2.11. The summed E-state index contributed by atoms with van der Waals surface area (Å²) in [5.74, 6) is 1.40. The SMILES string of the molecule is N=C(N)c1ccc2nc(-c3ccco3)[nH]c2c1. The fourth-order valence-corrected chi connectivity index (χ4v) is 1.71. The van der Waals surface area contributed by atoms with Crippen LogP contribution in [0.15, 0.2) is 41.0 Å². The lowest BCUT2D eigenvalue weighted by atomic mass is 10.2. The van der Waals surface area contributed by atoms with Gasteiger partial charge in [0.2, 0.25) is 0 Å². The average Bonchev–Trinajstić information content (AvgIpc) is 2.96. The van der Waals surface area contributed by atoms with E-state index < -0.39 is 0 Å². The Labute approximate surface area is 96.8 Å². The van der Waals surface area contributed by atoms with Crippen molar-refractivity contribution in [2.45, 2.75) is 0 Å². The summed E-state index contributed by atoms with van der Waals surface area (Å²) in [5.41, 5.74) is 7.77. The van der Waals surface area contributed by atoms with Crippen LogP contribution in [-0.4, -0.2) is 15.8 Å². The maximum atomic E-state index is 7.38. The van der Waals surface area contributed by atoms with Gasteiger partial charge in [-0.1, -0.05) is 0 Å². The molecule has 2 heterocycles. The van der Waals surface area contributed by atoms with E-state index in [-0.39, 0.29) is 5.84 Å². The Bertz CT molecular complexity index is 682. The van der Waals surface area contributed by atoms with Crippen LogP contribution in [0.3, 0.4) is 0 Å². The maximum absolute atomic E-state index is 7.38. The van der Waals surface area contributed by atoms with Crippen LogP contribution < -0.4 is 5.73 Å². The summed E-state index contributed by atoms with van der Waals surface area (Å²) in [6.07, 6.45) is 1.60. The van der Waals surface area contributed by atoms with Crippen molar-refractivity contribution in [3.8, 4) is 11.6 Å². The van der Waals surface area contributed by atoms with Gasteiger partial charge in [-0.25, -0.2) is 4.98 Å². The van der Waals surface area contributed by atoms with Crippen LogP contribution in [-0.2, 0) is 0 Å². The first-order chi connectivity index (χ1) is 8.24. The van der Waals surface area contributed by atoms with Gasteiger partial charge >= 0.3 is 0 Å². The van der Waals surface area contributed by atoms with Crippen LogP contribution in [0.1, 0.15) is 5.56 Å². The Hall–Kier alpha value is -2.56. The van der Waals surface area contributed by atoms with Gasteiger partial charge in [0.25, 0.3) is 0 Å². The fraction of sp³-hybridized carbons (Fsp3) is 0. The standard InChI is InChI=1S/C12H10N4O/c13-11(14)7-3-4-8-9(6-7)16-12(15-8)10-2-1-5-17-10/h1-6H,(H3,13,14)(H,15,16). The van der Waals surface area contributed by atoms with Crippen molar-refractivity contribution in [2.75, 3.05) is 0 Å². The summed E-state index contributed by atoms with van der Waals surface area (Å²) >= 11 is 0. The Morgan fingerprint density at radius 3 is 2.94 bits per heavy atom. The van der Waals surface area contributed by atoms with E-state index in [1.807, 2.05) is 18.2 Å². The summed E-state index contributed by atoms with van der Waals surface area (Å²) in [7, 11) is 0. The Morgan fingerprint density at radius 2 is 2.24 bits per heavy atom. The lowest BCUT2D eigenvalue weighted by Gasteiger charge is -1.96. The lowest BCUT2D eigenvalue weighted by molar-refractivity contribution is 0.578. The number of amidine groups is 1. The molecule has 0 aliphatic carbocycles. The highest BCUT2D eigenvalue weighted by Gasteiger charge is 2.08. The first kappa shape index (κ1) is 9.65. The smallest absolute Gasteiger partial charge is 0.174 e. The molecule has 0 atom stereocenters. The van der Waals surface area contributed by atoms with E-state index in [9.17, 15) is 0 Å². The second-order valence-corrected chi connectivity index (χ2v) is 3.71. The van der Waals surface area contributed by atoms with Gasteiger partial charge in [0, 0.05) is 5.56 Å². The topological polar surface area (TPSA) is 91.7 Å². The van der Waals surface area contributed by atoms with Crippen molar-refractivity contribution in [3.63, 3.8) is 0 Å². The molecule has 4 N–H and O–H groups in total. The van der Waals surface area contributed by atoms with E-state index in [0.717, 1.165) is 11.0 Å². The largest absolute Gasteiger partial charge is 0.461 e. The van der Waals surface area contributed by atoms with Crippen molar-refractivity contribution in [3.05, 3.63) is 42.2 Å². The van der Waals surface area contributed by atoms with Gasteiger partial charge in [0.1, 0.15) is 5.84 Å². The molecule has 0 fully saturated rings. The molecule has 0 aliphatic rings. The minimum Gasteiger partial charge on any atom is -0.461 e. The van der Waals surface area contributed by atoms with Crippen LogP contribution in [0.5, 0.6) is 0 Å². The van der Waals surface area contributed by atoms with E-state index >= 15 is 0 Å². The number of furan rings is 1. The molecule has 5 heteroatoms. The Kier molecular flexibility index (Phi) is 1.98. The molecule has 0 amide bonds. The minimum absolute atomic E-state index is 0.0426. The molecule has 1 aromatic carbocycles. The normalized spacial score (nSPS) is 10.8. The van der Waals surface area contributed by atoms with E-state index in [1.54, 1.807) is 18.4 Å². The van der Waals surface area contributed by atoms with Gasteiger partial charge < -0.3 is 15.1 Å². The summed E-state index contributed by atoms with van der Waals surface area (Å²) in [5, 5.41) is 7.38. The number of aromatic amines is 1. The second-order valence-electron chi connectivity index (χ2n) is 3.71. The van der Waals surface area contributed by atoms with Gasteiger partial charge in [-0.05, 0) is 30.3 Å². The van der Waals surface area contributed by atoms with E-state index in [1.165, 1.54) is 0 Å². The highest BCUT2D eigenvalue weighted by Crippen LogP contribution is 2.21. The van der Waals surface area contributed by atoms with Gasteiger partial charge in [0.05, 0.1) is 17.3 Å². The zero-order chi connectivity index (χ0) is 11.8. The van der Waals surface area contributed by atoms with Crippen molar-refractivity contribution >= 4 is 16.9 Å². The molecule has 0 aliphatic heterocycles. The fourth-order valence-electron chi connectivity index (χ4n) is 1.71. The number of aromatic nitrogens is 2. The van der Waals surface area contributed by atoms with E-state index in [0.29, 0.717) is 17.1 Å². The molecule has 3 rings (SSSR count). The predicted molar refractivity (Wildman–Crippen MR) is 64.8 cm³/mol. The molecule has 0 bridgehead atoms. The minimum atomic E-state index is 0.0426. The quantitative estimate of drug-likeness (QED) is 0.461. The summed E-state index contributed by atoms with van der Waals surface area (Å²) < 4.78 is 5.27. The molecule has 0 saturated carbocycles. The molecule has 0 unspecified atom stereocenters. The van der Waals surface area contributed by atoms with Gasteiger partial charge in [-0.2, -0.15) is 0 Å². The number of nitrogens with zero attached hydrogens (tertiary/aromatic N) is 1. The third kappa shape index (κ3) is 1.57. The molecule has 0 saturated heterocycles. The number of rotatable bonds is 2. The number of imidazole rings is 1. The van der Waals surface area contributed by atoms with Crippen molar-refractivity contribution in [1.29, 1.82) is 5.41 Å². The van der Waals surface area contributed by atoms with Crippen LogP contribution in [0.25, 0.3) is 22.6 Å². The van der Waals surface area contributed by atoms with Gasteiger partial charge in [-0.15, -0.1) is 0 Å². The lowest BCUT2D eigenvalue weighted by Crippen LogP contribution is -2.10. The van der Waals surface area contributed by atoms with Crippen molar-refractivity contribution in [2.24, 2.45) is 5.73 Å². The zero-order valence-corrected chi connectivity index (χ0v) is 8.90. The average molecular weight is 226 g/mol. The summed E-state index contributed by atoms with van der Waals surface area (Å²) in [6.45, 7) is 0.